The number of rotatable bonds is 2. The Hall–Kier alpha value is -0.160. The number of aliphatic hydroxyl groups excluding tert-OH is 1. The summed E-state index contributed by atoms with van der Waals surface area (Å²) in [5, 5.41) is 25.1. The summed E-state index contributed by atoms with van der Waals surface area (Å²) in [6.45, 7) is 2.80. The zero-order chi connectivity index (χ0) is 7.95. The predicted molar refractivity (Wildman–Crippen MR) is 40.2 cm³/mol. The zero-order valence-electron chi connectivity index (χ0n) is 6.43. The third kappa shape index (κ3) is 0.780. The van der Waals surface area contributed by atoms with E-state index in [0.29, 0.717) is 13.1 Å². The van der Waals surface area contributed by atoms with Crippen LogP contribution in [0.1, 0.15) is 0 Å². The van der Waals surface area contributed by atoms with E-state index in [4.69, 9.17) is 5.11 Å². The van der Waals surface area contributed by atoms with Crippen molar-refractivity contribution in [2.75, 3.05) is 32.8 Å². The lowest BCUT2D eigenvalue weighted by Crippen LogP contribution is -2.78. The van der Waals surface area contributed by atoms with Crippen LogP contribution in [0.2, 0.25) is 0 Å². The topological polar surface area (TPSA) is 64.5 Å². The molecule has 0 amide bonds. The first-order valence-electron chi connectivity index (χ1n) is 3.97. The molecule has 0 aromatic heterocycles. The predicted octanol–water partition coefficient (Wildman–Crippen LogP) is -2.10. The van der Waals surface area contributed by atoms with Crippen LogP contribution in [0.15, 0.2) is 0 Å². The fourth-order valence-electron chi connectivity index (χ4n) is 1.75. The van der Waals surface area contributed by atoms with Crippen molar-refractivity contribution < 1.29 is 10.2 Å². The number of hydrogen-bond acceptors (Lipinski definition) is 4. The van der Waals surface area contributed by atoms with Crippen molar-refractivity contribution in [3.8, 4) is 0 Å². The van der Waals surface area contributed by atoms with E-state index in [1.165, 1.54) is 0 Å². The minimum absolute atomic E-state index is 0.0815. The number of β-amino-alcohol motifs (C(OH)–C–C–N with tert-alkyl or cyclic N) is 1. The monoisotopic (exact) mass is 158 g/mol. The van der Waals surface area contributed by atoms with Crippen molar-refractivity contribution in [3.05, 3.63) is 0 Å². The van der Waals surface area contributed by atoms with E-state index >= 15 is 0 Å². The first kappa shape index (κ1) is 7.49. The molecule has 4 N–H and O–H groups in total. The molecular formula is C7H14N2O2. The molecule has 0 saturated carbocycles. The van der Waals surface area contributed by atoms with Gasteiger partial charge in [0.2, 0.25) is 0 Å². The second-order valence-electron chi connectivity index (χ2n) is 3.68. The summed E-state index contributed by atoms with van der Waals surface area (Å²) >= 11 is 0. The summed E-state index contributed by atoms with van der Waals surface area (Å²) < 4.78 is 0. The molecule has 0 unspecified atom stereocenters. The highest BCUT2D eigenvalue weighted by Gasteiger charge is 2.56. The molecule has 4 nitrogen and oxygen atoms in total. The summed E-state index contributed by atoms with van der Waals surface area (Å²) in [7, 11) is 0. The maximum absolute atomic E-state index is 9.92. The van der Waals surface area contributed by atoms with Gasteiger partial charge in [0.25, 0.3) is 0 Å². The van der Waals surface area contributed by atoms with Gasteiger partial charge in [-0.2, -0.15) is 0 Å². The van der Waals surface area contributed by atoms with Crippen LogP contribution in [0.5, 0.6) is 0 Å². The van der Waals surface area contributed by atoms with E-state index in [1.54, 1.807) is 0 Å². The van der Waals surface area contributed by atoms with Gasteiger partial charge in [0.1, 0.15) is 0 Å². The Balaban J connectivity index is 2.10. The third-order valence-corrected chi connectivity index (χ3v) is 3.05. The zero-order valence-corrected chi connectivity index (χ0v) is 6.43. The van der Waals surface area contributed by atoms with Crippen LogP contribution in [0.4, 0.5) is 0 Å². The molecule has 2 saturated heterocycles. The smallest absolute Gasteiger partial charge is 0.0997 e. The van der Waals surface area contributed by atoms with Gasteiger partial charge in [-0.15, -0.1) is 0 Å². The van der Waals surface area contributed by atoms with Crippen molar-refractivity contribution in [2.24, 2.45) is 5.41 Å². The largest absolute Gasteiger partial charge is 0.396 e. The Morgan fingerprint density at radius 3 is 1.73 bits per heavy atom. The number of aliphatic hydroxyl groups is 2. The standard InChI is InChI=1S/C7H14N2O2/c10-5-6(1-8-2-6)7(11)3-9-4-7/h8-11H,1-5H2. The second-order valence-corrected chi connectivity index (χ2v) is 3.68. The molecule has 2 aliphatic rings. The van der Waals surface area contributed by atoms with Crippen LogP contribution in [0.25, 0.3) is 0 Å². The highest BCUT2D eigenvalue weighted by Crippen LogP contribution is 2.37. The first-order valence-corrected chi connectivity index (χ1v) is 3.97. The van der Waals surface area contributed by atoms with Crippen LogP contribution in [0.3, 0.4) is 0 Å². The average Bonchev–Trinajstić information content (AvgIpc) is 1.83. The minimum Gasteiger partial charge on any atom is -0.396 e. The van der Waals surface area contributed by atoms with E-state index in [-0.39, 0.29) is 12.0 Å². The number of nitrogens with one attached hydrogen (secondary N) is 2. The van der Waals surface area contributed by atoms with Gasteiger partial charge in [0, 0.05) is 31.6 Å². The molecule has 0 atom stereocenters. The molecule has 0 aromatic carbocycles. The Morgan fingerprint density at radius 2 is 1.64 bits per heavy atom. The van der Waals surface area contributed by atoms with Crippen molar-refractivity contribution in [1.29, 1.82) is 0 Å². The maximum atomic E-state index is 9.92. The summed E-state index contributed by atoms with van der Waals surface area (Å²) in [5.74, 6) is 0. The molecule has 0 radical (unpaired) electrons. The summed E-state index contributed by atoms with van der Waals surface area (Å²) in [6.07, 6.45) is 0. The highest BCUT2D eigenvalue weighted by atomic mass is 16.3. The molecule has 0 spiro atoms. The van der Waals surface area contributed by atoms with Gasteiger partial charge in [-0.1, -0.05) is 0 Å². The van der Waals surface area contributed by atoms with Crippen LogP contribution in [-0.2, 0) is 0 Å². The van der Waals surface area contributed by atoms with Gasteiger partial charge in [-0.25, -0.2) is 0 Å². The molecule has 0 bridgehead atoms. The van der Waals surface area contributed by atoms with Gasteiger partial charge < -0.3 is 20.8 Å². The van der Waals surface area contributed by atoms with Crippen molar-refractivity contribution in [2.45, 2.75) is 5.60 Å². The second kappa shape index (κ2) is 2.17. The molecule has 2 rings (SSSR count). The van der Waals surface area contributed by atoms with Gasteiger partial charge >= 0.3 is 0 Å². The van der Waals surface area contributed by atoms with Crippen LogP contribution >= 0.6 is 0 Å². The average molecular weight is 158 g/mol. The summed E-state index contributed by atoms with van der Waals surface area (Å²) in [5.41, 5.74) is -0.925. The van der Waals surface area contributed by atoms with Gasteiger partial charge in [0.15, 0.2) is 0 Å². The van der Waals surface area contributed by atoms with E-state index in [9.17, 15) is 5.11 Å². The van der Waals surface area contributed by atoms with Crippen LogP contribution < -0.4 is 10.6 Å². The molecule has 4 heteroatoms. The fraction of sp³-hybridized carbons (Fsp3) is 1.00. The van der Waals surface area contributed by atoms with Crippen molar-refractivity contribution in [3.63, 3.8) is 0 Å². The van der Waals surface area contributed by atoms with Crippen molar-refractivity contribution >= 4 is 0 Å². The normalized spacial score (nSPS) is 32.2. The Kier molecular flexibility index (Phi) is 1.47. The lowest BCUT2D eigenvalue weighted by atomic mass is 9.65. The molecule has 11 heavy (non-hydrogen) atoms. The quantitative estimate of drug-likeness (QED) is 0.372. The van der Waals surface area contributed by atoms with Crippen LogP contribution in [0, 0.1) is 5.41 Å². The third-order valence-electron chi connectivity index (χ3n) is 3.05. The molecule has 0 aliphatic carbocycles. The van der Waals surface area contributed by atoms with E-state index in [0.717, 1.165) is 13.1 Å². The van der Waals surface area contributed by atoms with Crippen LogP contribution in [-0.4, -0.2) is 48.6 Å². The number of hydrogen-bond donors (Lipinski definition) is 4. The Labute approximate surface area is 65.6 Å². The SMILES string of the molecule is OCC1(C2(O)CNC2)CNC1. The highest BCUT2D eigenvalue weighted by molar-refractivity contribution is 5.12. The summed E-state index contributed by atoms with van der Waals surface area (Å²) in [6, 6.07) is 0. The van der Waals surface area contributed by atoms with E-state index in [1.807, 2.05) is 0 Å². The first-order chi connectivity index (χ1) is 5.22. The molecule has 64 valence electrons. The molecule has 2 heterocycles. The molecule has 0 aromatic rings. The minimum atomic E-state index is -0.660. The van der Waals surface area contributed by atoms with Gasteiger partial charge in [-0.05, 0) is 0 Å². The Morgan fingerprint density at radius 1 is 1.09 bits per heavy atom. The van der Waals surface area contributed by atoms with E-state index in [2.05, 4.69) is 10.6 Å². The molecule has 2 aliphatic heterocycles. The summed E-state index contributed by atoms with van der Waals surface area (Å²) in [4.78, 5) is 0. The van der Waals surface area contributed by atoms with Gasteiger partial charge in [0.05, 0.1) is 12.2 Å². The molecule has 2 fully saturated rings. The lowest BCUT2D eigenvalue weighted by molar-refractivity contribution is -0.161. The van der Waals surface area contributed by atoms with E-state index < -0.39 is 5.60 Å². The maximum Gasteiger partial charge on any atom is 0.0997 e. The fourth-order valence-corrected chi connectivity index (χ4v) is 1.75. The Bertz CT molecular complexity index is 158. The van der Waals surface area contributed by atoms with Gasteiger partial charge in [-0.3, -0.25) is 0 Å². The lowest BCUT2D eigenvalue weighted by Gasteiger charge is -2.56. The molecular weight excluding hydrogens is 144 g/mol. The van der Waals surface area contributed by atoms with Crippen molar-refractivity contribution in [1.82, 2.24) is 10.6 Å².